The number of benzene rings is 3. The third-order valence-electron chi connectivity index (χ3n) is 11.3. The van der Waals surface area contributed by atoms with Crippen molar-refractivity contribution in [3.63, 3.8) is 0 Å². The van der Waals surface area contributed by atoms with Gasteiger partial charge in [-0.15, -0.1) is 11.1 Å². The van der Waals surface area contributed by atoms with Crippen LogP contribution in [0.4, 0.5) is 0 Å². The second kappa shape index (κ2) is 12.3. The van der Waals surface area contributed by atoms with Gasteiger partial charge in [-0.1, -0.05) is 119 Å². The predicted molar refractivity (Wildman–Crippen MR) is 208 cm³/mol. The van der Waals surface area contributed by atoms with Crippen LogP contribution >= 0.6 is 11.7 Å². The lowest BCUT2D eigenvalue weighted by Crippen LogP contribution is -2.43. The minimum absolute atomic E-state index is 0.516. The monoisotopic (exact) mass is 672 g/mol. The van der Waals surface area contributed by atoms with Crippen molar-refractivity contribution in [2.75, 3.05) is 0 Å². The first-order valence-electron chi connectivity index (χ1n) is 17.3. The van der Waals surface area contributed by atoms with Crippen LogP contribution in [-0.4, -0.2) is 34.9 Å². The molecule has 2 heterocycles. The van der Waals surface area contributed by atoms with E-state index in [4.69, 9.17) is 18.7 Å². The smallest absolute Gasteiger partial charge is 0.146 e. The van der Waals surface area contributed by atoms with Gasteiger partial charge in [0.2, 0.25) is 0 Å². The molecule has 0 atom stereocenters. The van der Waals surface area contributed by atoms with Gasteiger partial charge < -0.3 is 0 Å². The van der Waals surface area contributed by atoms with Crippen molar-refractivity contribution in [2.45, 2.75) is 116 Å². The zero-order chi connectivity index (χ0) is 34.0. The van der Waals surface area contributed by atoms with Crippen LogP contribution in [0.3, 0.4) is 0 Å². The van der Waals surface area contributed by atoms with E-state index >= 15 is 0 Å². The first-order chi connectivity index (χ1) is 22.2. The zero-order valence-corrected chi connectivity index (χ0v) is 32.9. The van der Waals surface area contributed by atoms with E-state index in [9.17, 15) is 0 Å². The highest BCUT2D eigenvalue weighted by atomic mass is 32.1. The van der Waals surface area contributed by atoms with E-state index in [2.05, 4.69) is 142 Å². The maximum absolute atomic E-state index is 5.39. The number of fused-ring (bicyclic) bond motifs is 7. The van der Waals surface area contributed by atoms with Crippen LogP contribution in [0.2, 0.25) is 33.2 Å². The topological polar surface area (TPSA) is 51.6 Å². The molecule has 7 heteroatoms. The molecule has 0 saturated carbocycles. The van der Waals surface area contributed by atoms with Crippen molar-refractivity contribution in [1.29, 1.82) is 0 Å². The number of rotatable bonds is 6. The summed E-state index contributed by atoms with van der Waals surface area (Å²) < 4.78 is 9.77. The van der Waals surface area contributed by atoms with Gasteiger partial charge in [0, 0.05) is 0 Å². The molecule has 0 fully saturated rings. The Kier molecular flexibility index (Phi) is 8.75. The van der Waals surface area contributed by atoms with Crippen LogP contribution < -0.4 is 0 Å². The van der Waals surface area contributed by atoms with Crippen LogP contribution in [0, 0.1) is 22.9 Å². The number of hydrogen-bond donors (Lipinski definition) is 0. The van der Waals surface area contributed by atoms with Gasteiger partial charge in [0.25, 0.3) is 0 Å². The SMILES string of the molecule is CC(C)[Si](C#Cc1c2nsnc2c(C#C[Si](C(C)C)(C(C)C)C(C)C)c2nc3cc4c(cc3nc12)-c1ccccc1-4)(C(C)C)C(C)C. The van der Waals surface area contributed by atoms with Crippen molar-refractivity contribution in [1.82, 2.24) is 18.7 Å². The van der Waals surface area contributed by atoms with Crippen LogP contribution in [0.25, 0.3) is 55.4 Å². The van der Waals surface area contributed by atoms with E-state index in [1.54, 1.807) is 0 Å². The highest BCUT2D eigenvalue weighted by Crippen LogP contribution is 2.48. The fourth-order valence-electron chi connectivity index (χ4n) is 8.97. The lowest BCUT2D eigenvalue weighted by atomic mass is 9.80. The molecule has 0 amide bonds. The molecule has 0 aliphatic heterocycles. The summed E-state index contributed by atoms with van der Waals surface area (Å²) in [4.78, 5) is 10.8. The van der Waals surface area contributed by atoms with Gasteiger partial charge in [-0.05, 0) is 67.6 Å². The van der Waals surface area contributed by atoms with Gasteiger partial charge in [-0.2, -0.15) is 8.75 Å². The molecule has 6 rings (SSSR count). The van der Waals surface area contributed by atoms with E-state index in [0.29, 0.717) is 33.2 Å². The summed E-state index contributed by atoms with van der Waals surface area (Å²) in [6.07, 6.45) is 0. The summed E-state index contributed by atoms with van der Waals surface area (Å²) in [6, 6.07) is 13.0. The van der Waals surface area contributed by atoms with Gasteiger partial charge in [-0.25, -0.2) is 9.97 Å². The van der Waals surface area contributed by atoms with Crippen LogP contribution in [-0.2, 0) is 0 Å². The van der Waals surface area contributed by atoms with Crippen molar-refractivity contribution in [3.8, 4) is 45.2 Å². The van der Waals surface area contributed by atoms with E-state index in [0.717, 1.165) is 44.2 Å². The molecule has 2 aromatic heterocycles. The molecule has 0 radical (unpaired) electrons. The third kappa shape index (κ3) is 5.09. The standard InChI is InChI=1S/C40H48N4SSi2/c1-23(2)46(24(3)4,25(5)6)19-17-31-37-38(42-36-22-34-30-16-14-13-15-29(30)33(34)21-35(36)41-37)32(40-39(31)43-45-44-40)18-20-47(26(7)8,27(9)10)28(11)12/h13-16,21-28H,1-12H3. The lowest BCUT2D eigenvalue weighted by Gasteiger charge is -2.38. The average molecular weight is 673 g/mol. The molecule has 0 spiro atoms. The Bertz CT molecular complexity index is 1960. The molecular formula is C40H48N4SSi2. The normalized spacial score (nSPS) is 13.1. The van der Waals surface area contributed by atoms with Crippen LogP contribution in [0.1, 0.15) is 94.2 Å². The minimum Gasteiger partial charge on any atom is -0.243 e. The molecule has 0 bridgehead atoms. The van der Waals surface area contributed by atoms with E-state index in [1.807, 2.05) is 0 Å². The summed E-state index contributed by atoms with van der Waals surface area (Å²) in [7, 11) is -4.07. The molecule has 242 valence electrons. The average Bonchev–Trinajstić information content (AvgIpc) is 3.48. The Balaban J connectivity index is 1.72. The van der Waals surface area contributed by atoms with Crippen molar-refractivity contribution in [3.05, 3.63) is 47.5 Å². The Labute approximate surface area is 287 Å². The van der Waals surface area contributed by atoms with Gasteiger partial charge >= 0.3 is 0 Å². The number of hydrogen-bond acceptors (Lipinski definition) is 5. The Morgan fingerprint density at radius 2 is 0.830 bits per heavy atom. The fraction of sp³-hybridized carbons (Fsp3) is 0.450. The van der Waals surface area contributed by atoms with Crippen LogP contribution in [0.5, 0.6) is 0 Å². The first kappa shape index (κ1) is 33.5. The quantitative estimate of drug-likeness (QED) is 0.100. The summed E-state index contributed by atoms with van der Waals surface area (Å²) >= 11 is 1.24. The maximum Gasteiger partial charge on any atom is 0.146 e. The molecule has 3 aromatic carbocycles. The molecule has 0 N–H and O–H groups in total. The van der Waals surface area contributed by atoms with Gasteiger partial charge in [-0.3, -0.25) is 0 Å². The molecule has 0 saturated heterocycles. The molecule has 47 heavy (non-hydrogen) atoms. The minimum atomic E-state index is -2.03. The predicted octanol–water partition coefficient (Wildman–Crippen LogP) is 11.6. The van der Waals surface area contributed by atoms with Gasteiger partial charge in [0.1, 0.15) is 38.2 Å². The van der Waals surface area contributed by atoms with Crippen molar-refractivity contribution in [2.24, 2.45) is 0 Å². The summed E-state index contributed by atoms with van der Waals surface area (Å²) in [5.74, 6) is 7.50. The van der Waals surface area contributed by atoms with Gasteiger partial charge in [0.15, 0.2) is 0 Å². The molecular weight excluding hydrogens is 625 g/mol. The van der Waals surface area contributed by atoms with Crippen LogP contribution in [0.15, 0.2) is 36.4 Å². The number of aromatic nitrogens is 4. The molecule has 1 aliphatic rings. The largest absolute Gasteiger partial charge is 0.243 e. The summed E-state index contributed by atoms with van der Waals surface area (Å²) in [6.45, 7) is 28.3. The molecule has 0 unspecified atom stereocenters. The van der Waals surface area contributed by atoms with E-state index < -0.39 is 16.1 Å². The van der Waals surface area contributed by atoms with Crippen molar-refractivity contribution < 1.29 is 0 Å². The fourth-order valence-corrected chi connectivity index (χ4v) is 19.9. The van der Waals surface area contributed by atoms with Crippen molar-refractivity contribution >= 4 is 61.0 Å². The number of nitrogens with zero attached hydrogens (tertiary/aromatic N) is 4. The summed E-state index contributed by atoms with van der Waals surface area (Å²) in [5.41, 5.74) is 22.7. The summed E-state index contributed by atoms with van der Waals surface area (Å²) in [5, 5.41) is 0. The molecule has 1 aliphatic carbocycles. The Morgan fingerprint density at radius 1 is 0.489 bits per heavy atom. The van der Waals surface area contributed by atoms with E-state index in [-0.39, 0.29) is 0 Å². The Morgan fingerprint density at radius 3 is 1.15 bits per heavy atom. The molecule has 4 nitrogen and oxygen atoms in total. The zero-order valence-electron chi connectivity index (χ0n) is 30.1. The first-order valence-corrected chi connectivity index (χ1v) is 22.5. The van der Waals surface area contributed by atoms with E-state index in [1.165, 1.54) is 34.0 Å². The lowest BCUT2D eigenvalue weighted by molar-refractivity contribution is 0.838. The highest BCUT2D eigenvalue weighted by molar-refractivity contribution is 7.00. The second-order valence-electron chi connectivity index (χ2n) is 15.4. The Hall–Kier alpha value is -3.37. The maximum atomic E-state index is 5.39. The van der Waals surface area contributed by atoms with Gasteiger partial charge in [0.05, 0.1) is 33.9 Å². The second-order valence-corrected chi connectivity index (χ2v) is 27.0. The highest BCUT2D eigenvalue weighted by Gasteiger charge is 2.43. The third-order valence-corrected chi connectivity index (χ3v) is 24.4. The molecule has 5 aromatic rings.